The minimum atomic E-state index is -0.158. The summed E-state index contributed by atoms with van der Waals surface area (Å²) in [5.41, 5.74) is 37.9. The highest BCUT2D eigenvalue weighted by molar-refractivity contribution is 5.90. The van der Waals surface area contributed by atoms with Gasteiger partial charge in [-0.3, -0.25) is 0 Å². The largest absolute Gasteiger partial charge is 0.0839 e. The lowest BCUT2D eigenvalue weighted by Crippen LogP contribution is -2.37. The van der Waals surface area contributed by atoms with Gasteiger partial charge >= 0.3 is 0 Å². The van der Waals surface area contributed by atoms with Crippen molar-refractivity contribution in [3.63, 3.8) is 0 Å². The SMILES string of the molecule is C1=CCC2C(=C1)C1=C(C=C(C3=CC=C4C5=C(C=CCC5)C5(C6=C(CCC=C6)c6ccccc65)C4C3)CC1)C21C2=C(CCC(C3=CC=C4C5=C(C=CCC5)C5(c6ccccc6-c6ccccc65)C4C3)=C2)C2=CC=CCC21. The van der Waals surface area contributed by atoms with E-state index in [0.29, 0.717) is 23.7 Å². The predicted molar refractivity (Wildman–Crippen MR) is 307 cm³/mol. The maximum absolute atomic E-state index is 2.84. The minimum absolute atomic E-state index is 0.0813. The van der Waals surface area contributed by atoms with Gasteiger partial charge in [0.15, 0.2) is 0 Å². The van der Waals surface area contributed by atoms with E-state index < -0.39 is 0 Å². The molecule has 18 rings (SSSR count). The van der Waals surface area contributed by atoms with Gasteiger partial charge in [0.25, 0.3) is 0 Å². The number of benzene rings is 3. The highest BCUT2D eigenvalue weighted by Crippen LogP contribution is 2.73. The van der Waals surface area contributed by atoms with E-state index in [1.807, 2.05) is 0 Å². The normalized spacial score (nSPS) is 31.8. The number of fused-ring (bicyclic) bond motifs is 25. The summed E-state index contributed by atoms with van der Waals surface area (Å²) in [5.74, 6) is 1.70. The maximum Gasteiger partial charge on any atom is 0.0537 e. The molecule has 15 aliphatic rings. The second kappa shape index (κ2) is 15.1. The molecule has 6 unspecified atom stereocenters. The molecule has 0 amide bonds. The smallest absolute Gasteiger partial charge is 0.0537 e. The molecule has 0 aliphatic heterocycles. The molecule has 3 aromatic carbocycles. The van der Waals surface area contributed by atoms with Crippen molar-refractivity contribution >= 4 is 5.57 Å². The van der Waals surface area contributed by atoms with Gasteiger partial charge in [-0.2, -0.15) is 0 Å². The van der Waals surface area contributed by atoms with Crippen LogP contribution in [0.3, 0.4) is 0 Å². The van der Waals surface area contributed by atoms with E-state index in [1.54, 1.807) is 106 Å². The van der Waals surface area contributed by atoms with E-state index in [9.17, 15) is 0 Å². The van der Waals surface area contributed by atoms with E-state index >= 15 is 0 Å². The third-order valence-electron chi connectivity index (χ3n) is 22.1. The molecule has 0 N–H and O–H groups in total. The van der Waals surface area contributed by atoms with Crippen molar-refractivity contribution in [1.82, 2.24) is 0 Å². The molecule has 0 radical (unpaired) electrons. The van der Waals surface area contributed by atoms with Crippen molar-refractivity contribution in [2.24, 2.45) is 29.1 Å². The van der Waals surface area contributed by atoms with Gasteiger partial charge in [-0.15, -0.1) is 0 Å². The number of rotatable bonds is 2. The summed E-state index contributed by atoms with van der Waals surface area (Å²) in [4.78, 5) is 0. The van der Waals surface area contributed by atoms with Crippen LogP contribution in [0.5, 0.6) is 0 Å². The Morgan fingerprint density at radius 3 is 1.31 bits per heavy atom. The fourth-order valence-electron chi connectivity index (χ4n) is 19.7. The fraction of sp³-hybridized carbons (Fsp3) is 0.280. The zero-order valence-corrected chi connectivity index (χ0v) is 43.0. The first-order valence-electron chi connectivity index (χ1n) is 29.2. The van der Waals surface area contributed by atoms with Crippen LogP contribution in [0.4, 0.5) is 0 Å². The van der Waals surface area contributed by atoms with Crippen molar-refractivity contribution in [3.05, 3.63) is 299 Å². The van der Waals surface area contributed by atoms with Crippen LogP contribution < -0.4 is 0 Å². The third-order valence-corrected chi connectivity index (χ3v) is 22.1. The minimum Gasteiger partial charge on any atom is -0.0839 e. The van der Waals surface area contributed by atoms with Gasteiger partial charge in [-0.05, 0) is 224 Å². The Labute approximate surface area is 443 Å². The van der Waals surface area contributed by atoms with Crippen LogP contribution in [-0.2, 0) is 10.8 Å². The van der Waals surface area contributed by atoms with E-state index in [0.717, 1.165) is 89.9 Å². The summed E-state index contributed by atoms with van der Waals surface area (Å²) in [6, 6.07) is 28.5. The standard InChI is InChI=1S/C75H62/c1-9-25-61-49(17-1)50-18-2-10-26-62(50)73(61)65-29-13-5-21-53(65)57-37-33-45(41-69(57)73)47-35-39-59-55-23-7-15-31-67(55)75(71(59)43-47)68-32-16-8-24-56(68)60-40-36-48(44-72(60)75)46-34-38-58-54-22-6-14-30-66(54)74(70(58)42-46)63-27-11-3-19-51(63)52-20-4-12-28-64(52)74/h1-3,7-19,23-30,33-34,37-38,43-44,67-70H,4-6,20-22,31-32,35-36,39-42H2. The highest BCUT2D eigenvalue weighted by Gasteiger charge is 2.63. The van der Waals surface area contributed by atoms with Crippen molar-refractivity contribution in [2.45, 2.75) is 101 Å². The number of hydrogen-bond acceptors (Lipinski definition) is 0. The Balaban J connectivity index is 0.772. The van der Waals surface area contributed by atoms with Gasteiger partial charge in [0.2, 0.25) is 0 Å². The predicted octanol–water partition coefficient (Wildman–Crippen LogP) is 18.1. The molecule has 0 heteroatoms. The fourth-order valence-corrected chi connectivity index (χ4v) is 19.7. The Kier molecular flexibility index (Phi) is 8.50. The summed E-state index contributed by atoms with van der Waals surface area (Å²) < 4.78 is 0. The Morgan fingerprint density at radius 2 is 0.760 bits per heavy atom. The first-order valence-corrected chi connectivity index (χ1v) is 29.2. The first-order chi connectivity index (χ1) is 37.2. The van der Waals surface area contributed by atoms with Crippen LogP contribution in [0.15, 0.2) is 277 Å². The van der Waals surface area contributed by atoms with Crippen molar-refractivity contribution in [2.75, 3.05) is 0 Å². The first kappa shape index (κ1) is 42.2. The lowest BCUT2D eigenvalue weighted by molar-refractivity contribution is 0.253. The van der Waals surface area contributed by atoms with Crippen molar-refractivity contribution in [1.29, 1.82) is 0 Å². The highest BCUT2D eigenvalue weighted by atomic mass is 14.7. The molecule has 6 atom stereocenters. The molecule has 3 spiro atoms. The summed E-state index contributed by atoms with van der Waals surface area (Å²) >= 11 is 0. The van der Waals surface area contributed by atoms with Crippen molar-refractivity contribution in [3.8, 4) is 11.1 Å². The maximum atomic E-state index is 2.84. The van der Waals surface area contributed by atoms with Crippen LogP contribution in [-0.4, -0.2) is 0 Å². The molecular formula is C75H62. The van der Waals surface area contributed by atoms with Crippen LogP contribution in [0, 0.1) is 29.1 Å². The van der Waals surface area contributed by atoms with E-state index in [2.05, 4.69) is 182 Å². The van der Waals surface area contributed by atoms with Crippen molar-refractivity contribution < 1.29 is 0 Å². The molecule has 362 valence electrons. The summed E-state index contributed by atoms with van der Waals surface area (Å²) in [7, 11) is 0. The van der Waals surface area contributed by atoms with E-state index in [-0.39, 0.29) is 16.2 Å². The van der Waals surface area contributed by atoms with Crippen LogP contribution in [0.1, 0.15) is 112 Å². The molecule has 3 aromatic rings. The molecule has 0 saturated heterocycles. The van der Waals surface area contributed by atoms with Gasteiger partial charge < -0.3 is 0 Å². The lowest BCUT2D eigenvalue weighted by Gasteiger charge is -2.44. The average molecular weight is 963 g/mol. The topological polar surface area (TPSA) is 0 Å². The molecule has 0 heterocycles. The summed E-state index contributed by atoms with van der Waals surface area (Å²) in [5, 5.41) is 0. The zero-order valence-electron chi connectivity index (χ0n) is 43.0. The lowest BCUT2D eigenvalue weighted by atomic mass is 9.58. The number of hydrogen-bond donors (Lipinski definition) is 0. The van der Waals surface area contributed by atoms with Crippen LogP contribution >= 0.6 is 0 Å². The van der Waals surface area contributed by atoms with Crippen LogP contribution in [0.25, 0.3) is 16.7 Å². The molecule has 75 heavy (non-hydrogen) atoms. The second-order valence-corrected chi connectivity index (χ2v) is 24.6. The molecule has 0 saturated carbocycles. The van der Waals surface area contributed by atoms with E-state index in [1.165, 1.54) is 27.8 Å². The van der Waals surface area contributed by atoms with E-state index in [4.69, 9.17) is 0 Å². The quantitative estimate of drug-likeness (QED) is 0.240. The Morgan fingerprint density at radius 1 is 0.333 bits per heavy atom. The average Bonchev–Trinajstić information content (AvgIpc) is 4.45. The monoisotopic (exact) mass is 962 g/mol. The third kappa shape index (κ3) is 5.04. The molecule has 0 nitrogen and oxygen atoms in total. The molecule has 0 fully saturated rings. The van der Waals surface area contributed by atoms with Gasteiger partial charge in [0.1, 0.15) is 0 Å². The Hall–Kier alpha value is -7.02. The summed E-state index contributed by atoms with van der Waals surface area (Å²) in [6.07, 6.45) is 62.0. The number of allylic oxidation sites excluding steroid dienone is 36. The Bertz CT molecular complexity index is 3830. The van der Waals surface area contributed by atoms with Gasteiger partial charge in [0, 0.05) is 29.1 Å². The van der Waals surface area contributed by atoms with Gasteiger partial charge in [-0.25, -0.2) is 0 Å². The summed E-state index contributed by atoms with van der Waals surface area (Å²) in [6.45, 7) is 0. The molecular weight excluding hydrogens is 901 g/mol. The molecule has 15 aliphatic carbocycles. The zero-order chi connectivity index (χ0) is 48.8. The molecule has 0 aromatic heterocycles. The second-order valence-electron chi connectivity index (χ2n) is 24.6. The van der Waals surface area contributed by atoms with Crippen LogP contribution in [0.2, 0.25) is 0 Å². The molecule has 0 bridgehead atoms. The van der Waals surface area contributed by atoms with Gasteiger partial charge in [0.05, 0.1) is 10.8 Å². The van der Waals surface area contributed by atoms with Gasteiger partial charge in [-0.1, -0.05) is 182 Å².